The number of benzene rings is 1. The Morgan fingerprint density at radius 3 is 2.69 bits per heavy atom. The average Bonchev–Trinajstić information content (AvgIpc) is 3.49. The Labute approximate surface area is 174 Å². The lowest BCUT2D eigenvalue weighted by molar-refractivity contribution is -0.115. The monoisotopic (exact) mass is 417 g/mol. The van der Waals surface area contributed by atoms with E-state index in [-0.39, 0.29) is 5.91 Å². The molecule has 142 valence electrons. The molecule has 5 aromatic rings. The minimum atomic E-state index is -0.0354. The number of anilines is 1. The third kappa shape index (κ3) is 3.67. The summed E-state index contributed by atoms with van der Waals surface area (Å²) in [7, 11) is 0. The van der Waals surface area contributed by atoms with Gasteiger partial charge in [-0.2, -0.15) is 9.61 Å². The van der Waals surface area contributed by atoms with Crippen molar-refractivity contribution in [2.24, 2.45) is 0 Å². The number of amides is 1. The van der Waals surface area contributed by atoms with Crippen molar-refractivity contribution in [1.29, 1.82) is 0 Å². The number of thiophene rings is 2. The number of hydrogen-bond donors (Lipinski definition) is 1. The van der Waals surface area contributed by atoms with Crippen LogP contribution in [0.4, 0.5) is 5.69 Å². The zero-order valence-electron chi connectivity index (χ0n) is 15.1. The van der Waals surface area contributed by atoms with Crippen molar-refractivity contribution >= 4 is 39.9 Å². The van der Waals surface area contributed by atoms with Crippen LogP contribution in [0.3, 0.4) is 0 Å². The summed E-state index contributed by atoms with van der Waals surface area (Å²) < 4.78 is 1.75. The molecule has 4 aromatic heterocycles. The smallest absolute Gasteiger partial charge is 0.229 e. The first-order valence-electron chi connectivity index (χ1n) is 8.95. The summed E-state index contributed by atoms with van der Waals surface area (Å²) in [5, 5.41) is 20.1. The molecule has 0 aliphatic heterocycles. The molecular weight excluding hydrogens is 402 g/mol. The first-order valence-corrected chi connectivity index (χ1v) is 10.7. The van der Waals surface area contributed by atoms with Gasteiger partial charge in [0.15, 0.2) is 11.5 Å². The molecule has 0 fully saturated rings. The third-order valence-corrected chi connectivity index (χ3v) is 6.10. The van der Waals surface area contributed by atoms with Crippen LogP contribution < -0.4 is 5.32 Å². The maximum atomic E-state index is 12.3. The molecule has 0 aliphatic rings. The van der Waals surface area contributed by atoms with Gasteiger partial charge in [0.2, 0.25) is 5.91 Å². The zero-order chi connectivity index (χ0) is 19.6. The second-order valence-corrected chi connectivity index (χ2v) is 8.35. The second kappa shape index (κ2) is 7.57. The molecule has 0 radical (unpaired) electrons. The number of nitrogens with one attached hydrogen (secondary N) is 1. The van der Waals surface area contributed by atoms with Crippen LogP contribution in [0.25, 0.3) is 27.6 Å². The SMILES string of the molecule is O=C(Cc1cccs1)Nc1cccc(-c2ccc3nnc(-c4cccs4)n3n2)c1. The Hall–Kier alpha value is -3.36. The minimum absolute atomic E-state index is 0.0354. The lowest BCUT2D eigenvalue weighted by Crippen LogP contribution is -2.13. The van der Waals surface area contributed by atoms with Gasteiger partial charge in [-0.05, 0) is 47.2 Å². The molecule has 0 saturated carbocycles. The number of carbonyl (C=O) groups is 1. The number of aromatic nitrogens is 4. The predicted molar refractivity (Wildman–Crippen MR) is 116 cm³/mol. The van der Waals surface area contributed by atoms with Crippen molar-refractivity contribution in [3.8, 4) is 22.0 Å². The molecule has 1 N–H and O–H groups in total. The number of carbonyl (C=O) groups excluding carboxylic acids is 1. The van der Waals surface area contributed by atoms with Gasteiger partial charge >= 0.3 is 0 Å². The van der Waals surface area contributed by atoms with Gasteiger partial charge < -0.3 is 5.32 Å². The van der Waals surface area contributed by atoms with E-state index in [0.717, 1.165) is 32.5 Å². The fourth-order valence-electron chi connectivity index (χ4n) is 3.04. The highest BCUT2D eigenvalue weighted by atomic mass is 32.1. The van der Waals surface area contributed by atoms with E-state index in [1.54, 1.807) is 27.2 Å². The highest BCUT2D eigenvalue weighted by Crippen LogP contribution is 2.25. The van der Waals surface area contributed by atoms with E-state index < -0.39 is 0 Å². The molecule has 5 rings (SSSR count). The van der Waals surface area contributed by atoms with Crippen LogP contribution >= 0.6 is 22.7 Å². The fraction of sp³-hybridized carbons (Fsp3) is 0.0476. The Kier molecular flexibility index (Phi) is 4.63. The van der Waals surface area contributed by atoms with Crippen molar-refractivity contribution in [3.05, 3.63) is 76.3 Å². The number of nitrogens with zero attached hydrogens (tertiary/aromatic N) is 4. The summed E-state index contributed by atoms with van der Waals surface area (Å²) in [5.41, 5.74) is 3.13. The summed E-state index contributed by atoms with van der Waals surface area (Å²) >= 11 is 3.18. The maximum absolute atomic E-state index is 12.3. The van der Waals surface area contributed by atoms with Crippen molar-refractivity contribution < 1.29 is 4.79 Å². The summed E-state index contributed by atoms with van der Waals surface area (Å²) in [5.74, 6) is 0.684. The van der Waals surface area contributed by atoms with Gasteiger partial charge in [-0.3, -0.25) is 4.79 Å². The number of rotatable bonds is 5. The Bertz CT molecular complexity index is 1280. The molecule has 0 saturated heterocycles. The van der Waals surface area contributed by atoms with Gasteiger partial charge in [-0.15, -0.1) is 32.9 Å². The van der Waals surface area contributed by atoms with E-state index in [2.05, 4.69) is 15.5 Å². The number of hydrogen-bond acceptors (Lipinski definition) is 6. The molecule has 0 unspecified atom stereocenters. The molecule has 0 spiro atoms. The molecule has 8 heteroatoms. The lowest BCUT2D eigenvalue weighted by atomic mass is 10.1. The van der Waals surface area contributed by atoms with Crippen LogP contribution in [0.5, 0.6) is 0 Å². The maximum Gasteiger partial charge on any atom is 0.229 e. The minimum Gasteiger partial charge on any atom is -0.326 e. The van der Waals surface area contributed by atoms with Gasteiger partial charge in [0.05, 0.1) is 17.0 Å². The fourth-order valence-corrected chi connectivity index (χ4v) is 4.43. The molecule has 0 bridgehead atoms. The van der Waals surface area contributed by atoms with Crippen molar-refractivity contribution in [1.82, 2.24) is 19.8 Å². The quantitative estimate of drug-likeness (QED) is 0.447. The normalized spacial score (nSPS) is 11.0. The van der Waals surface area contributed by atoms with Crippen LogP contribution in [-0.4, -0.2) is 25.7 Å². The van der Waals surface area contributed by atoms with Gasteiger partial charge in [0.1, 0.15) is 0 Å². The van der Waals surface area contributed by atoms with Crippen LogP contribution in [0.15, 0.2) is 71.4 Å². The zero-order valence-corrected chi connectivity index (χ0v) is 16.8. The Morgan fingerprint density at radius 2 is 1.86 bits per heavy atom. The molecular formula is C21H15N5OS2. The van der Waals surface area contributed by atoms with E-state index in [1.165, 1.54) is 0 Å². The molecule has 0 aliphatic carbocycles. The topological polar surface area (TPSA) is 72.2 Å². The van der Waals surface area contributed by atoms with E-state index in [0.29, 0.717) is 12.1 Å². The largest absolute Gasteiger partial charge is 0.326 e. The van der Waals surface area contributed by atoms with E-state index in [9.17, 15) is 4.79 Å². The first-order chi connectivity index (χ1) is 14.3. The Balaban J connectivity index is 1.43. The third-order valence-electron chi connectivity index (χ3n) is 4.36. The lowest BCUT2D eigenvalue weighted by Gasteiger charge is -2.07. The van der Waals surface area contributed by atoms with Gasteiger partial charge in [0.25, 0.3) is 0 Å². The van der Waals surface area contributed by atoms with Crippen molar-refractivity contribution in [2.45, 2.75) is 6.42 Å². The number of fused-ring (bicyclic) bond motifs is 1. The summed E-state index contributed by atoms with van der Waals surface area (Å²) in [6.45, 7) is 0. The Morgan fingerprint density at radius 1 is 0.966 bits per heavy atom. The van der Waals surface area contributed by atoms with Gasteiger partial charge in [0, 0.05) is 16.1 Å². The van der Waals surface area contributed by atoms with Crippen LogP contribution in [0, 0.1) is 0 Å². The van der Waals surface area contributed by atoms with Crippen LogP contribution in [0.1, 0.15) is 4.88 Å². The predicted octanol–water partition coefficient (Wildman–Crippen LogP) is 4.76. The van der Waals surface area contributed by atoms with Crippen LogP contribution in [0.2, 0.25) is 0 Å². The van der Waals surface area contributed by atoms with Crippen molar-refractivity contribution in [2.75, 3.05) is 5.32 Å². The molecule has 6 nitrogen and oxygen atoms in total. The average molecular weight is 418 g/mol. The van der Waals surface area contributed by atoms with E-state index in [1.807, 2.05) is 71.4 Å². The van der Waals surface area contributed by atoms with E-state index >= 15 is 0 Å². The van der Waals surface area contributed by atoms with Crippen molar-refractivity contribution in [3.63, 3.8) is 0 Å². The standard InChI is InChI=1S/C21H15N5OS2/c27-20(13-16-6-2-10-28-16)22-15-5-1-4-14(12-15)17-8-9-19-23-24-21(26(19)25-17)18-7-3-11-29-18/h1-12H,13H2,(H,22,27). The molecule has 0 atom stereocenters. The van der Waals surface area contributed by atoms with Gasteiger partial charge in [-0.25, -0.2) is 0 Å². The second-order valence-electron chi connectivity index (χ2n) is 6.37. The first kappa shape index (κ1) is 17.7. The van der Waals surface area contributed by atoms with Crippen LogP contribution in [-0.2, 0) is 11.2 Å². The molecule has 4 heterocycles. The summed E-state index contributed by atoms with van der Waals surface area (Å²) in [6, 6.07) is 19.4. The molecule has 29 heavy (non-hydrogen) atoms. The van der Waals surface area contributed by atoms with E-state index in [4.69, 9.17) is 5.10 Å². The highest BCUT2D eigenvalue weighted by molar-refractivity contribution is 7.13. The van der Waals surface area contributed by atoms with Gasteiger partial charge in [-0.1, -0.05) is 24.3 Å². The summed E-state index contributed by atoms with van der Waals surface area (Å²) in [6.07, 6.45) is 0.372. The summed E-state index contributed by atoms with van der Waals surface area (Å²) in [4.78, 5) is 14.4. The highest BCUT2D eigenvalue weighted by Gasteiger charge is 2.12. The molecule has 1 aromatic carbocycles. The molecule has 1 amide bonds.